The van der Waals surface area contributed by atoms with Crippen LogP contribution in [0.5, 0.6) is 0 Å². The van der Waals surface area contributed by atoms with Crippen LogP contribution in [0.25, 0.3) is 0 Å². The molecule has 3 nitrogen and oxygen atoms in total. The van der Waals surface area contributed by atoms with Gasteiger partial charge in [-0.2, -0.15) is 0 Å². The summed E-state index contributed by atoms with van der Waals surface area (Å²) in [5.74, 6) is 0.662. The Bertz CT molecular complexity index is 424. The highest BCUT2D eigenvalue weighted by Gasteiger charge is 2.09. The van der Waals surface area contributed by atoms with Crippen molar-refractivity contribution in [1.29, 1.82) is 0 Å². The molecule has 0 aliphatic rings. The van der Waals surface area contributed by atoms with E-state index in [4.69, 9.17) is 0 Å². The van der Waals surface area contributed by atoms with Crippen molar-refractivity contribution in [2.24, 2.45) is 5.92 Å². The minimum absolute atomic E-state index is 0.662. The lowest BCUT2D eigenvalue weighted by Crippen LogP contribution is -2.24. The molecule has 0 unspecified atom stereocenters. The van der Waals surface area contributed by atoms with Gasteiger partial charge in [-0.1, -0.05) is 26.0 Å². The van der Waals surface area contributed by atoms with Crippen molar-refractivity contribution in [2.45, 2.75) is 34.2 Å². The van der Waals surface area contributed by atoms with Gasteiger partial charge in [-0.15, -0.1) is 0 Å². The number of hydrogen-bond donors (Lipinski definition) is 1. The average Bonchev–Trinajstić information content (AvgIpc) is 2.29. The van der Waals surface area contributed by atoms with Crippen molar-refractivity contribution in [3.05, 3.63) is 35.7 Å². The Labute approximate surface area is 117 Å². The van der Waals surface area contributed by atoms with Gasteiger partial charge in [0.15, 0.2) is 0 Å². The molecule has 0 aliphatic carbocycles. The van der Waals surface area contributed by atoms with Crippen LogP contribution in [0.15, 0.2) is 24.4 Å². The highest BCUT2D eigenvalue weighted by Crippen LogP contribution is 2.20. The van der Waals surface area contributed by atoms with Crippen LogP contribution in [-0.2, 0) is 6.54 Å². The van der Waals surface area contributed by atoms with Crippen LogP contribution in [-0.4, -0.2) is 25.1 Å². The van der Waals surface area contributed by atoms with Crippen molar-refractivity contribution < 1.29 is 0 Å². The predicted octanol–water partition coefficient (Wildman–Crippen LogP) is 3.15. The van der Waals surface area contributed by atoms with E-state index < -0.39 is 0 Å². The molecule has 0 aromatic carbocycles. The zero-order valence-corrected chi connectivity index (χ0v) is 13.0. The lowest BCUT2D eigenvalue weighted by atomic mass is 10.1. The molecule has 0 bridgehead atoms. The van der Waals surface area contributed by atoms with Crippen LogP contribution in [0, 0.1) is 12.8 Å². The Morgan fingerprint density at radius 2 is 2.16 bits per heavy atom. The van der Waals surface area contributed by atoms with E-state index in [2.05, 4.69) is 55.7 Å². The van der Waals surface area contributed by atoms with Gasteiger partial charge in [-0.05, 0) is 32.4 Å². The molecule has 0 saturated heterocycles. The maximum absolute atomic E-state index is 4.41. The van der Waals surface area contributed by atoms with Gasteiger partial charge in [0, 0.05) is 43.3 Å². The molecule has 1 rings (SSSR count). The van der Waals surface area contributed by atoms with Gasteiger partial charge < -0.3 is 10.2 Å². The van der Waals surface area contributed by atoms with Gasteiger partial charge in [0.2, 0.25) is 0 Å². The van der Waals surface area contributed by atoms with E-state index in [-0.39, 0.29) is 0 Å². The van der Waals surface area contributed by atoms with Crippen molar-refractivity contribution in [3.8, 4) is 0 Å². The standard InChI is InChI=1S/C16H27N3/c1-12(2)8-17-9-15-10-18-14(5)7-16(15)19(6)11-13(3)4/h7,10,12,17H,3,8-9,11H2,1-2,4-6H3. The number of anilines is 1. The second-order valence-electron chi connectivity index (χ2n) is 5.79. The van der Waals surface area contributed by atoms with E-state index >= 15 is 0 Å². The largest absolute Gasteiger partial charge is 0.370 e. The molecule has 0 saturated carbocycles. The zero-order valence-electron chi connectivity index (χ0n) is 13.0. The summed E-state index contributed by atoms with van der Waals surface area (Å²) >= 11 is 0. The Morgan fingerprint density at radius 1 is 1.47 bits per heavy atom. The number of hydrogen-bond acceptors (Lipinski definition) is 3. The van der Waals surface area contributed by atoms with Crippen LogP contribution in [0.4, 0.5) is 5.69 Å². The third kappa shape index (κ3) is 5.43. The minimum atomic E-state index is 0.662. The summed E-state index contributed by atoms with van der Waals surface area (Å²) in [5, 5.41) is 3.48. The molecule has 106 valence electrons. The number of pyridine rings is 1. The molecular weight excluding hydrogens is 234 g/mol. The van der Waals surface area contributed by atoms with Gasteiger partial charge in [0.25, 0.3) is 0 Å². The lowest BCUT2D eigenvalue weighted by Gasteiger charge is -2.23. The SMILES string of the molecule is C=C(C)CN(C)c1cc(C)ncc1CNCC(C)C. The Morgan fingerprint density at radius 3 is 2.74 bits per heavy atom. The fraction of sp³-hybridized carbons (Fsp3) is 0.562. The van der Waals surface area contributed by atoms with Gasteiger partial charge in [-0.25, -0.2) is 0 Å². The second-order valence-corrected chi connectivity index (χ2v) is 5.79. The zero-order chi connectivity index (χ0) is 14.4. The van der Waals surface area contributed by atoms with Crippen molar-refractivity contribution >= 4 is 5.69 Å². The number of nitrogens with one attached hydrogen (secondary N) is 1. The highest BCUT2D eigenvalue weighted by atomic mass is 15.1. The van der Waals surface area contributed by atoms with E-state index in [0.717, 1.165) is 30.9 Å². The van der Waals surface area contributed by atoms with Crippen LogP contribution < -0.4 is 10.2 Å². The van der Waals surface area contributed by atoms with Crippen molar-refractivity contribution in [1.82, 2.24) is 10.3 Å². The molecule has 0 radical (unpaired) electrons. The molecule has 1 aromatic rings. The summed E-state index contributed by atoms with van der Waals surface area (Å²) in [6.07, 6.45) is 1.98. The Kier molecular flexibility index (Phi) is 6.03. The molecule has 19 heavy (non-hydrogen) atoms. The fourth-order valence-electron chi connectivity index (χ4n) is 2.05. The van der Waals surface area contributed by atoms with E-state index in [1.807, 2.05) is 13.1 Å². The molecule has 0 spiro atoms. The average molecular weight is 261 g/mol. The molecule has 0 atom stereocenters. The molecule has 0 fully saturated rings. The number of nitrogens with zero attached hydrogens (tertiary/aromatic N) is 2. The maximum atomic E-state index is 4.41. The first-order valence-corrected chi connectivity index (χ1v) is 6.92. The second kappa shape index (κ2) is 7.29. The summed E-state index contributed by atoms with van der Waals surface area (Å²) in [7, 11) is 2.11. The Hall–Kier alpha value is -1.35. The summed E-state index contributed by atoms with van der Waals surface area (Å²) < 4.78 is 0. The molecule has 1 heterocycles. The normalized spacial score (nSPS) is 10.8. The minimum Gasteiger partial charge on any atom is -0.370 e. The smallest absolute Gasteiger partial charge is 0.0445 e. The molecule has 0 aliphatic heterocycles. The third-order valence-corrected chi connectivity index (χ3v) is 2.89. The van der Waals surface area contributed by atoms with Crippen LogP contribution in [0.2, 0.25) is 0 Å². The molecular formula is C16H27N3. The molecule has 3 heteroatoms. The number of aryl methyl sites for hydroxylation is 1. The maximum Gasteiger partial charge on any atom is 0.0445 e. The first-order chi connectivity index (χ1) is 8.90. The number of likely N-dealkylation sites (N-methyl/N-ethyl adjacent to an activating group) is 1. The highest BCUT2D eigenvalue weighted by molar-refractivity contribution is 5.53. The summed E-state index contributed by atoms with van der Waals surface area (Å²) in [6, 6.07) is 2.15. The third-order valence-electron chi connectivity index (χ3n) is 2.89. The van der Waals surface area contributed by atoms with Gasteiger partial charge in [-0.3, -0.25) is 4.98 Å². The van der Waals surface area contributed by atoms with Gasteiger partial charge in [0.05, 0.1) is 0 Å². The number of aromatic nitrogens is 1. The van der Waals surface area contributed by atoms with Crippen molar-refractivity contribution in [2.75, 3.05) is 25.0 Å². The monoisotopic (exact) mass is 261 g/mol. The van der Waals surface area contributed by atoms with Crippen LogP contribution >= 0.6 is 0 Å². The predicted molar refractivity (Wildman–Crippen MR) is 83.6 cm³/mol. The Balaban J connectivity index is 2.81. The topological polar surface area (TPSA) is 28.2 Å². The summed E-state index contributed by atoms with van der Waals surface area (Å²) in [6.45, 7) is 15.3. The van der Waals surface area contributed by atoms with E-state index in [9.17, 15) is 0 Å². The molecule has 0 amide bonds. The van der Waals surface area contributed by atoms with Crippen LogP contribution in [0.3, 0.4) is 0 Å². The van der Waals surface area contributed by atoms with Crippen molar-refractivity contribution in [3.63, 3.8) is 0 Å². The van der Waals surface area contributed by atoms with E-state index in [1.54, 1.807) is 0 Å². The lowest BCUT2D eigenvalue weighted by molar-refractivity contribution is 0.551. The van der Waals surface area contributed by atoms with Gasteiger partial charge >= 0.3 is 0 Å². The summed E-state index contributed by atoms with van der Waals surface area (Å²) in [5.41, 5.74) is 4.70. The molecule has 1 N–H and O–H groups in total. The first-order valence-electron chi connectivity index (χ1n) is 6.92. The van der Waals surface area contributed by atoms with E-state index in [0.29, 0.717) is 5.92 Å². The van der Waals surface area contributed by atoms with Crippen LogP contribution in [0.1, 0.15) is 32.0 Å². The number of rotatable bonds is 7. The quantitative estimate of drug-likeness (QED) is 0.764. The fourth-order valence-corrected chi connectivity index (χ4v) is 2.05. The first kappa shape index (κ1) is 15.7. The summed E-state index contributed by atoms with van der Waals surface area (Å²) in [4.78, 5) is 6.65. The molecule has 1 aromatic heterocycles. The van der Waals surface area contributed by atoms with Gasteiger partial charge in [0.1, 0.15) is 0 Å². The van der Waals surface area contributed by atoms with E-state index in [1.165, 1.54) is 11.3 Å².